The Morgan fingerprint density at radius 1 is 1.23 bits per heavy atom. The molecule has 114 valence electrons. The Hall–Kier alpha value is -2.89. The minimum Gasteiger partial charge on any atom is -0.504 e. The van der Waals surface area contributed by atoms with E-state index in [4.69, 9.17) is 4.74 Å². The van der Waals surface area contributed by atoms with E-state index in [0.717, 1.165) is 5.69 Å². The highest BCUT2D eigenvalue weighted by atomic mass is 16.5. The fraction of sp³-hybridized carbons (Fsp3) is 0.188. The van der Waals surface area contributed by atoms with Crippen molar-refractivity contribution in [1.82, 2.24) is 5.32 Å². The molecular formula is C16H16N2O4. The number of phenols is 2. The third kappa shape index (κ3) is 2.09. The van der Waals surface area contributed by atoms with E-state index < -0.39 is 6.17 Å². The van der Waals surface area contributed by atoms with Gasteiger partial charge in [-0.1, -0.05) is 12.1 Å². The number of hydrogen-bond donors (Lipinski definition) is 3. The number of carbonyl (C=O) groups excluding carboxylic acids is 1. The molecular weight excluding hydrogens is 284 g/mol. The zero-order valence-corrected chi connectivity index (χ0v) is 12.2. The molecule has 3 N–H and O–H groups in total. The average Bonchev–Trinajstić information content (AvgIpc) is 2.53. The summed E-state index contributed by atoms with van der Waals surface area (Å²) in [6.07, 6.45) is -0.470. The van der Waals surface area contributed by atoms with E-state index in [1.165, 1.54) is 13.2 Å². The van der Waals surface area contributed by atoms with Gasteiger partial charge in [-0.2, -0.15) is 0 Å². The summed E-state index contributed by atoms with van der Waals surface area (Å²) in [6, 6.07) is 10.3. The Morgan fingerprint density at radius 3 is 2.68 bits per heavy atom. The molecule has 1 aliphatic heterocycles. The lowest BCUT2D eigenvalue weighted by molar-refractivity contribution is 0.0928. The fourth-order valence-electron chi connectivity index (χ4n) is 2.65. The number of nitrogens with zero attached hydrogens (tertiary/aromatic N) is 1. The summed E-state index contributed by atoms with van der Waals surface area (Å²) in [7, 11) is 3.25. The van der Waals surface area contributed by atoms with Crippen LogP contribution in [0.25, 0.3) is 0 Å². The maximum absolute atomic E-state index is 12.2. The molecule has 0 unspecified atom stereocenters. The first-order valence-electron chi connectivity index (χ1n) is 6.75. The van der Waals surface area contributed by atoms with Crippen molar-refractivity contribution >= 4 is 11.6 Å². The molecule has 0 fully saturated rings. The number of anilines is 1. The van der Waals surface area contributed by atoms with Gasteiger partial charge in [-0.15, -0.1) is 0 Å². The van der Waals surface area contributed by atoms with E-state index in [0.29, 0.717) is 11.1 Å². The van der Waals surface area contributed by atoms with Crippen LogP contribution in [-0.4, -0.2) is 30.3 Å². The lowest BCUT2D eigenvalue weighted by Gasteiger charge is -2.36. The standard InChI is InChI=1S/C16H16N2O4/c1-18-11-6-4-3-5-10(11)16(21)17-15(18)9-7-12(19)14(20)13(8-9)22-2/h3-8,15,19-20H,1-2H3,(H,17,21)/t15-/m1/s1. The second-order valence-electron chi connectivity index (χ2n) is 5.09. The molecule has 1 heterocycles. The molecule has 0 bridgehead atoms. The van der Waals surface area contributed by atoms with Crippen LogP contribution >= 0.6 is 0 Å². The molecule has 0 aromatic heterocycles. The number of ether oxygens (including phenoxy) is 1. The number of methoxy groups -OCH3 is 1. The maximum Gasteiger partial charge on any atom is 0.255 e. The first-order valence-corrected chi connectivity index (χ1v) is 6.75. The van der Waals surface area contributed by atoms with Crippen LogP contribution in [-0.2, 0) is 0 Å². The Kier molecular flexibility index (Phi) is 3.29. The molecule has 2 aromatic carbocycles. The van der Waals surface area contributed by atoms with Gasteiger partial charge in [0.2, 0.25) is 5.75 Å². The van der Waals surface area contributed by atoms with Crippen LogP contribution in [0.1, 0.15) is 22.1 Å². The molecule has 6 heteroatoms. The topological polar surface area (TPSA) is 82.0 Å². The molecule has 6 nitrogen and oxygen atoms in total. The van der Waals surface area contributed by atoms with Gasteiger partial charge in [-0.3, -0.25) is 4.79 Å². The first kappa shape index (κ1) is 14.1. The molecule has 0 aliphatic carbocycles. The zero-order chi connectivity index (χ0) is 15.9. The van der Waals surface area contributed by atoms with Gasteiger partial charge in [-0.05, 0) is 24.3 Å². The van der Waals surface area contributed by atoms with E-state index in [2.05, 4.69) is 5.32 Å². The molecule has 1 atom stereocenters. The van der Waals surface area contributed by atoms with E-state index in [1.807, 2.05) is 30.1 Å². The number of amides is 1. The first-order chi connectivity index (χ1) is 10.5. The smallest absolute Gasteiger partial charge is 0.255 e. The van der Waals surface area contributed by atoms with Crippen LogP contribution in [0.3, 0.4) is 0 Å². The van der Waals surface area contributed by atoms with Crippen molar-refractivity contribution in [3.63, 3.8) is 0 Å². The van der Waals surface area contributed by atoms with Crippen molar-refractivity contribution in [2.24, 2.45) is 0 Å². The lowest BCUT2D eigenvalue weighted by atomic mass is 10.0. The Labute approximate surface area is 127 Å². The number of phenolic OH excluding ortho intramolecular Hbond substituents is 2. The molecule has 0 saturated heterocycles. The summed E-state index contributed by atoms with van der Waals surface area (Å²) in [4.78, 5) is 14.1. The van der Waals surface area contributed by atoms with E-state index in [9.17, 15) is 15.0 Å². The second kappa shape index (κ2) is 5.14. The summed E-state index contributed by atoms with van der Waals surface area (Å²) in [5.41, 5.74) is 2.00. The predicted molar refractivity (Wildman–Crippen MR) is 81.4 cm³/mol. The van der Waals surface area contributed by atoms with Crippen molar-refractivity contribution in [1.29, 1.82) is 0 Å². The quantitative estimate of drug-likeness (QED) is 0.739. The molecule has 0 radical (unpaired) electrons. The van der Waals surface area contributed by atoms with Crippen molar-refractivity contribution in [2.45, 2.75) is 6.17 Å². The molecule has 3 rings (SSSR count). The van der Waals surface area contributed by atoms with Gasteiger partial charge in [0.1, 0.15) is 6.17 Å². The summed E-state index contributed by atoms with van der Waals surface area (Å²) >= 11 is 0. The van der Waals surface area contributed by atoms with E-state index in [1.54, 1.807) is 12.1 Å². The normalized spacial score (nSPS) is 16.9. The molecule has 2 aromatic rings. The summed E-state index contributed by atoms with van der Waals surface area (Å²) < 4.78 is 5.05. The number of benzene rings is 2. The molecule has 1 amide bonds. The van der Waals surface area contributed by atoms with Gasteiger partial charge in [0.05, 0.1) is 18.4 Å². The molecule has 0 spiro atoms. The van der Waals surface area contributed by atoms with Gasteiger partial charge in [-0.25, -0.2) is 0 Å². The minimum absolute atomic E-state index is 0.150. The summed E-state index contributed by atoms with van der Waals surface area (Å²) in [6.45, 7) is 0. The highest BCUT2D eigenvalue weighted by Crippen LogP contribution is 2.40. The van der Waals surface area contributed by atoms with Crippen molar-refractivity contribution in [3.05, 3.63) is 47.5 Å². The van der Waals surface area contributed by atoms with Crippen molar-refractivity contribution in [3.8, 4) is 17.2 Å². The van der Waals surface area contributed by atoms with Gasteiger partial charge < -0.3 is 25.2 Å². The Bertz CT molecular complexity index is 745. The monoisotopic (exact) mass is 300 g/mol. The van der Waals surface area contributed by atoms with Crippen LogP contribution in [0.15, 0.2) is 36.4 Å². The van der Waals surface area contributed by atoms with E-state index >= 15 is 0 Å². The van der Waals surface area contributed by atoms with Crippen LogP contribution in [0.4, 0.5) is 5.69 Å². The number of para-hydroxylation sites is 1. The third-order valence-electron chi connectivity index (χ3n) is 3.80. The highest BCUT2D eigenvalue weighted by Gasteiger charge is 2.30. The zero-order valence-electron chi connectivity index (χ0n) is 12.2. The molecule has 0 saturated carbocycles. The number of carbonyl (C=O) groups is 1. The fourth-order valence-corrected chi connectivity index (χ4v) is 2.65. The van der Waals surface area contributed by atoms with Gasteiger partial charge in [0.25, 0.3) is 5.91 Å². The van der Waals surface area contributed by atoms with Crippen LogP contribution in [0.2, 0.25) is 0 Å². The SMILES string of the molecule is COc1cc([C@@H]2NC(=O)c3ccccc3N2C)cc(O)c1O. The number of hydrogen-bond acceptors (Lipinski definition) is 5. The predicted octanol–water partition coefficient (Wildman–Crippen LogP) is 1.98. The van der Waals surface area contributed by atoms with E-state index in [-0.39, 0.29) is 23.2 Å². The third-order valence-corrected chi connectivity index (χ3v) is 3.80. The van der Waals surface area contributed by atoms with Gasteiger partial charge in [0.15, 0.2) is 11.5 Å². The van der Waals surface area contributed by atoms with Crippen LogP contribution in [0.5, 0.6) is 17.2 Å². The molecule has 1 aliphatic rings. The number of aromatic hydroxyl groups is 2. The largest absolute Gasteiger partial charge is 0.504 e. The Morgan fingerprint density at radius 2 is 1.95 bits per heavy atom. The van der Waals surface area contributed by atoms with Gasteiger partial charge in [0, 0.05) is 12.6 Å². The molecule has 22 heavy (non-hydrogen) atoms. The summed E-state index contributed by atoms with van der Waals surface area (Å²) in [5.74, 6) is -0.658. The number of rotatable bonds is 2. The van der Waals surface area contributed by atoms with Crippen molar-refractivity contribution in [2.75, 3.05) is 19.1 Å². The minimum atomic E-state index is -0.470. The van der Waals surface area contributed by atoms with Gasteiger partial charge >= 0.3 is 0 Å². The summed E-state index contributed by atoms with van der Waals surface area (Å²) in [5, 5.41) is 22.4. The van der Waals surface area contributed by atoms with Crippen LogP contribution in [0, 0.1) is 0 Å². The average molecular weight is 300 g/mol. The maximum atomic E-state index is 12.2. The Balaban J connectivity index is 2.07. The number of fused-ring (bicyclic) bond motifs is 1. The second-order valence-corrected chi connectivity index (χ2v) is 5.09. The van der Waals surface area contributed by atoms with Crippen molar-refractivity contribution < 1.29 is 19.7 Å². The van der Waals surface area contributed by atoms with Crippen LogP contribution < -0.4 is 15.0 Å². The number of nitrogens with one attached hydrogen (secondary N) is 1. The highest BCUT2D eigenvalue weighted by molar-refractivity contribution is 6.02. The lowest BCUT2D eigenvalue weighted by Crippen LogP contribution is -2.44.